The first kappa shape index (κ1) is 16.5. The number of carboxylic acid groups (broad SMARTS) is 1. The second kappa shape index (κ2) is 6.92. The van der Waals surface area contributed by atoms with Crippen LogP contribution in [0.25, 0.3) is 0 Å². The number of carbonyl (C=O) groups is 2. The van der Waals surface area contributed by atoms with Crippen LogP contribution >= 0.6 is 0 Å². The van der Waals surface area contributed by atoms with Crippen LogP contribution < -0.4 is 0 Å². The first-order valence-corrected chi connectivity index (χ1v) is 7.58. The van der Waals surface area contributed by atoms with Crippen LogP contribution in [0.5, 0.6) is 0 Å². The summed E-state index contributed by atoms with van der Waals surface area (Å²) in [7, 11) is 0. The molecular formula is C17H23NO4. The molecule has 1 heterocycles. The van der Waals surface area contributed by atoms with Crippen LogP contribution in [0.2, 0.25) is 0 Å². The molecule has 0 saturated carbocycles. The van der Waals surface area contributed by atoms with Crippen LogP contribution in [0.15, 0.2) is 30.3 Å². The third kappa shape index (κ3) is 4.07. The topological polar surface area (TPSA) is 66.8 Å². The maximum Gasteiger partial charge on any atom is 0.334 e. The van der Waals surface area contributed by atoms with Gasteiger partial charge in [-0.3, -0.25) is 4.79 Å². The second-order valence-corrected chi connectivity index (χ2v) is 6.29. The van der Waals surface area contributed by atoms with Crippen LogP contribution in [0, 0.1) is 0 Å². The number of benzene rings is 1. The maximum atomic E-state index is 12.3. The number of amides is 1. The number of carbonyl (C=O) groups excluding carboxylic acids is 1. The van der Waals surface area contributed by atoms with Gasteiger partial charge in [-0.15, -0.1) is 0 Å². The Kier molecular flexibility index (Phi) is 5.19. The van der Waals surface area contributed by atoms with Gasteiger partial charge in [-0.25, -0.2) is 4.79 Å². The lowest BCUT2D eigenvalue weighted by molar-refractivity contribution is -0.159. The number of rotatable bonds is 5. The average molecular weight is 305 g/mol. The molecule has 2 rings (SSSR count). The van der Waals surface area contributed by atoms with Gasteiger partial charge >= 0.3 is 5.97 Å². The Morgan fingerprint density at radius 1 is 1.32 bits per heavy atom. The van der Waals surface area contributed by atoms with Gasteiger partial charge in [0.1, 0.15) is 0 Å². The largest absolute Gasteiger partial charge is 0.479 e. The summed E-state index contributed by atoms with van der Waals surface area (Å²) in [6.07, 6.45) is 0.235. The van der Waals surface area contributed by atoms with E-state index in [0.29, 0.717) is 13.0 Å². The van der Waals surface area contributed by atoms with Gasteiger partial charge in [0.15, 0.2) is 6.10 Å². The SMILES string of the molecule is CC(C)(CCC(=O)N1CCOC(C(=O)O)C1)c1ccccc1. The van der Waals surface area contributed by atoms with E-state index in [4.69, 9.17) is 9.84 Å². The fourth-order valence-corrected chi connectivity index (χ4v) is 2.64. The zero-order chi connectivity index (χ0) is 16.2. The highest BCUT2D eigenvalue weighted by molar-refractivity contribution is 5.78. The highest BCUT2D eigenvalue weighted by atomic mass is 16.5. The molecule has 0 aromatic heterocycles. The molecule has 5 heteroatoms. The Morgan fingerprint density at radius 3 is 2.64 bits per heavy atom. The molecule has 1 aliphatic heterocycles. The van der Waals surface area contributed by atoms with Gasteiger partial charge in [-0.2, -0.15) is 0 Å². The van der Waals surface area contributed by atoms with Gasteiger partial charge in [0, 0.05) is 13.0 Å². The van der Waals surface area contributed by atoms with Crippen molar-refractivity contribution in [3.05, 3.63) is 35.9 Å². The maximum absolute atomic E-state index is 12.3. The van der Waals surface area contributed by atoms with E-state index in [0.717, 1.165) is 6.42 Å². The van der Waals surface area contributed by atoms with Gasteiger partial charge in [-0.1, -0.05) is 44.2 Å². The van der Waals surface area contributed by atoms with Crippen molar-refractivity contribution in [3.8, 4) is 0 Å². The zero-order valence-corrected chi connectivity index (χ0v) is 13.1. The lowest BCUT2D eigenvalue weighted by Crippen LogP contribution is -2.48. The Morgan fingerprint density at radius 2 is 2.00 bits per heavy atom. The lowest BCUT2D eigenvalue weighted by atomic mass is 9.80. The van der Waals surface area contributed by atoms with E-state index in [2.05, 4.69) is 26.0 Å². The summed E-state index contributed by atoms with van der Waals surface area (Å²) in [5.74, 6) is -1.01. The molecule has 1 aliphatic rings. The van der Waals surface area contributed by atoms with Crippen molar-refractivity contribution in [2.75, 3.05) is 19.7 Å². The number of hydrogen-bond acceptors (Lipinski definition) is 3. The van der Waals surface area contributed by atoms with Crippen LogP contribution in [0.4, 0.5) is 0 Å². The number of morpholine rings is 1. The van der Waals surface area contributed by atoms with Gasteiger partial charge in [0.05, 0.1) is 13.2 Å². The van der Waals surface area contributed by atoms with Crippen molar-refractivity contribution in [1.29, 1.82) is 0 Å². The summed E-state index contributed by atoms with van der Waals surface area (Å²) >= 11 is 0. The van der Waals surface area contributed by atoms with Crippen LogP contribution in [-0.2, 0) is 19.7 Å². The molecule has 5 nitrogen and oxygen atoms in total. The summed E-state index contributed by atoms with van der Waals surface area (Å²) in [5.41, 5.74) is 1.11. The molecular weight excluding hydrogens is 282 g/mol. The van der Waals surface area contributed by atoms with Crippen molar-refractivity contribution in [2.45, 2.75) is 38.2 Å². The minimum Gasteiger partial charge on any atom is -0.479 e. The van der Waals surface area contributed by atoms with Crippen molar-refractivity contribution >= 4 is 11.9 Å². The molecule has 0 radical (unpaired) electrons. The number of hydrogen-bond donors (Lipinski definition) is 1. The number of aliphatic carboxylic acids is 1. The average Bonchev–Trinajstić information content (AvgIpc) is 2.53. The molecule has 1 amide bonds. The van der Waals surface area contributed by atoms with E-state index in [1.54, 1.807) is 4.90 Å². The molecule has 1 aromatic carbocycles. The van der Waals surface area contributed by atoms with Crippen LogP contribution in [0.3, 0.4) is 0 Å². The van der Waals surface area contributed by atoms with Gasteiger partial charge in [0.2, 0.25) is 5.91 Å². The monoisotopic (exact) mass is 305 g/mol. The molecule has 1 saturated heterocycles. The molecule has 0 spiro atoms. The van der Waals surface area contributed by atoms with Crippen molar-refractivity contribution < 1.29 is 19.4 Å². The fourth-order valence-electron chi connectivity index (χ4n) is 2.64. The standard InChI is InChI=1S/C17H23NO4/c1-17(2,13-6-4-3-5-7-13)9-8-15(19)18-10-11-22-14(12-18)16(20)21/h3-7,14H,8-12H2,1-2H3,(H,20,21). The molecule has 1 aromatic rings. The highest BCUT2D eigenvalue weighted by Gasteiger charge is 2.30. The molecule has 1 N–H and O–H groups in total. The summed E-state index contributed by atoms with van der Waals surface area (Å²) in [5, 5.41) is 8.98. The number of carboxylic acids is 1. The summed E-state index contributed by atoms with van der Waals surface area (Å²) < 4.78 is 5.14. The second-order valence-electron chi connectivity index (χ2n) is 6.29. The molecule has 120 valence electrons. The van der Waals surface area contributed by atoms with Gasteiger partial charge in [-0.05, 0) is 17.4 Å². The van der Waals surface area contributed by atoms with Crippen molar-refractivity contribution in [2.24, 2.45) is 0 Å². The van der Waals surface area contributed by atoms with Crippen LogP contribution in [-0.4, -0.2) is 47.7 Å². The van der Waals surface area contributed by atoms with E-state index >= 15 is 0 Å². The molecule has 22 heavy (non-hydrogen) atoms. The molecule has 1 atom stereocenters. The normalized spacial score (nSPS) is 19.0. The van der Waals surface area contributed by atoms with E-state index in [-0.39, 0.29) is 24.5 Å². The minimum absolute atomic E-state index is 0.00134. The van der Waals surface area contributed by atoms with Gasteiger partial charge in [0.25, 0.3) is 0 Å². The Hall–Kier alpha value is -1.88. The van der Waals surface area contributed by atoms with E-state index in [9.17, 15) is 9.59 Å². The minimum atomic E-state index is -1.01. The Balaban J connectivity index is 1.91. The molecule has 1 fully saturated rings. The molecule has 1 unspecified atom stereocenters. The predicted molar refractivity (Wildman–Crippen MR) is 82.7 cm³/mol. The zero-order valence-electron chi connectivity index (χ0n) is 13.1. The first-order chi connectivity index (χ1) is 10.4. The quantitative estimate of drug-likeness (QED) is 0.904. The third-order valence-electron chi connectivity index (χ3n) is 4.21. The predicted octanol–water partition coefficient (Wildman–Crippen LogP) is 2.06. The first-order valence-electron chi connectivity index (χ1n) is 7.58. The molecule has 0 bridgehead atoms. The highest BCUT2D eigenvalue weighted by Crippen LogP contribution is 2.28. The van der Waals surface area contributed by atoms with Crippen molar-refractivity contribution in [3.63, 3.8) is 0 Å². The smallest absolute Gasteiger partial charge is 0.334 e. The molecule has 0 aliphatic carbocycles. The lowest BCUT2D eigenvalue weighted by Gasteiger charge is -2.32. The number of nitrogens with zero attached hydrogens (tertiary/aromatic N) is 1. The summed E-state index contributed by atoms with van der Waals surface area (Å²) in [6, 6.07) is 10.1. The summed E-state index contributed by atoms with van der Waals surface area (Å²) in [4.78, 5) is 24.9. The van der Waals surface area contributed by atoms with E-state index in [1.807, 2.05) is 18.2 Å². The van der Waals surface area contributed by atoms with E-state index in [1.165, 1.54) is 5.56 Å². The van der Waals surface area contributed by atoms with Gasteiger partial charge < -0.3 is 14.7 Å². The Labute approximate surface area is 130 Å². The fraction of sp³-hybridized carbons (Fsp3) is 0.529. The Bertz CT molecular complexity index is 527. The van der Waals surface area contributed by atoms with E-state index < -0.39 is 12.1 Å². The summed E-state index contributed by atoms with van der Waals surface area (Å²) in [6.45, 7) is 5.13. The number of ether oxygens (including phenoxy) is 1. The van der Waals surface area contributed by atoms with Crippen LogP contribution in [0.1, 0.15) is 32.3 Å². The van der Waals surface area contributed by atoms with Crippen molar-refractivity contribution in [1.82, 2.24) is 4.90 Å². The third-order valence-corrected chi connectivity index (χ3v) is 4.21.